The molecule has 0 aliphatic carbocycles. The van der Waals surface area contributed by atoms with Crippen LogP contribution in [0.15, 0.2) is 48.6 Å². The Morgan fingerprint density at radius 3 is 2.73 bits per heavy atom. The first-order valence-corrected chi connectivity index (χ1v) is 15.4. The minimum absolute atomic E-state index is 0.137. The fourth-order valence-corrected chi connectivity index (χ4v) is 9.13. The van der Waals surface area contributed by atoms with Crippen LogP contribution in [0.5, 0.6) is 0 Å². The van der Waals surface area contributed by atoms with Crippen LogP contribution >= 0.6 is 11.8 Å². The Balaban J connectivity index is 1.38. The summed E-state index contributed by atoms with van der Waals surface area (Å²) in [6.45, 7) is 3.44. The molecule has 1 unspecified atom stereocenters. The molecule has 4 aliphatic heterocycles. The van der Waals surface area contributed by atoms with Gasteiger partial charge in [-0.1, -0.05) is 54.5 Å². The van der Waals surface area contributed by atoms with Gasteiger partial charge >= 0.3 is 5.97 Å². The predicted molar refractivity (Wildman–Crippen MR) is 154 cm³/mol. The lowest BCUT2D eigenvalue weighted by molar-refractivity contribution is -0.154. The lowest BCUT2D eigenvalue weighted by Crippen LogP contribution is -2.53. The van der Waals surface area contributed by atoms with Gasteiger partial charge in [0, 0.05) is 24.4 Å². The molecule has 5 heterocycles. The number of unbranched alkanes of at least 4 members (excludes halogenated alkanes) is 3. The molecule has 0 bridgehead atoms. The second-order valence-corrected chi connectivity index (χ2v) is 13.4. The third kappa shape index (κ3) is 4.76. The molecule has 2 amide bonds. The van der Waals surface area contributed by atoms with Crippen LogP contribution in [-0.4, -0.2) is 89.5 Å². The molecule has 10 nitrogen and oxygen atoms in total. The highest BCUT2D eigenvalue weighted by atomic mass is 32.2. The van der Waals surface area contributed by atoms with Gasteiger partial charge in [0.25, 0.3) is 0 Å². The van der Waals surface area contributed by atoms with Gasteiger partial charge in [-0.05, 0) is 44.7 Å². The Morgan fingerprint density at radius 2 is 1.88 bits per heavy atom. The van der Waals surface area contributed by atoms with Gasteiger partial charge in [-0.15, -0.1) is 16.9 Å². The highest BCUT2D eigenvalue weighted by Crippen LogP contribution is 2.65. The lowest BCUT2D eigenvalue weighted by Gasteiger charge is -2.36. The largest absolute Gasteiger partial charge is 0.465 e. The van der Waals surface area contributed by atoms with Crippen LogP contribution < -0.4 is 0 Å². The second kappa shape index (κ2) is 11.2. The summed E-state index contributed by atoms with van der Waals surface area (Å²) in [4.78, 5) is 45.9. The SMILES string of the molecule is C[C@@]12/C=C\CCCOC(=O)[C@@H]1[C@H]1C(=O)N(CCCCCCO)C3C(=O)N(Cn4nnc5ccccc54)CC=C[C@@]31S2. The zero-order valence-corrected chi connectivity index (χ0v) is 24.2. The van der Waals surface area contributed by atoms with Gasteiger partial charge in [0.1, 0.15) is 18.2 Å². The van der Waals surface area contributed by atoms with E-state index in [0.29, 0.717) is 32.5 Å². The smallest absolute Gasteiger partial charge is 0.311 e. The van der Waals surface area contributed by atoms with Crippen molar-refractivity contribution in [3.05, 3.63) is 48.6 Å². The molecule has 2 saturated heterocycles. The van der Waals surface area contributed by atoms with Crippen LogP contribution in [0, 0.1) is 11.8 Å². The number of aliphatic hydroxyl groups is 1. The summed E-state index contributed by atoms with van der Waals surface area (Å²) < 4.78 is 5.83. The first-order valence-electron chi connectivity index (χ1n) is 14.6. The summed E-state index contributed by atoms with van der Waals surface area (Å²) in [6.07, 6.45) is 12.8. The van der Waals surface area contributed by atoms with E-state index >= 15 is 0 Å². The van der Waals surface area contributed by atoms with Crippen LogP contribution in [0.2, 0.25) is 0 Å². The molecule has 1 spiro atoms. The molecule has 41 heavy (non-hydrogen) atoms. The topological polar surface area (TPSA) is 118 Å². The standard InChI is InChI=1S/C30H37N5O5S/c1-29-14-7-4-10-19-40-28(39)24(29)23-26(37)34(17-8-2-3-9-18-36)25-27(38)33(16-11-15-30(23,25)41-29)20-35-22-13-6-5-12-21(22)31-32-35/h5-7,11-15,23-25,36H,2-4,8-10,16-20H2,1H3/b14-7-/t23-,24-,25?,29+,30-/m0/s1. The van der Waals surface area contributed by atoms with E-state index in [-0.39, 0.29) is 31.1 Å². The van der Waals surface area contributed by atoms with Gasteiger partial charge in [-0.3, -0.25) is 14.4 Å². The molecular weight excluding hydrogens is 542 g/mol. The average Bonchev–Trinajstić information content (AvgIpc) is 3.53. The Morgan fingerprint density at radius 1 is 1.05 bits per heavy atom. The maximum Gasteiger partial charge on any atom is 0.311 e. The Kier molecular flexibility index (Phi) is 7.67. The molecule has 218 valence electrons. The van der Waals surface area contributed by atoms with Crippen LogP contribution in [0.25, 0.3) is 11.0 Å². The number of amides is 2. The number of thioether (sulfide) groups is 1. The molecule has 0 saturated carbocycles. The molecule has 6 rings (SSSR count). The summed E-state index contributed by atoms with van der Waals surface area (Å²) in [5.41, 5.74) is 1.58. The Labute approximate surface area is 243 Å². The molecule has 4 aliphatic rings. The number of benzene rings is 1. The summed E-state index contributed by atoms with van der Waals surface area (Å²) in [5.74, 6) is -2.07. The zero-order valence-electron chi connectivity index (χ0n) is 23.4. The van der Waals surface area contributed by atoms with E-state index in [1.54, 1.807) is 26.2 Å². The highest BCUT2D eigenvalue weighted by molar-refractivity contribution is 8.02. The van der Waals surface area contributed by atoms with Gasteiger partial charge < -0.3 is 19.6 Å². The zero-order chi connectivity index (χ0) is 28.6. The normalized spacial score (nSPS) is 32.1. The van der Waals surface area contributed by atoms with E-state index in [0.717, 1.165) is 36.7 Å². The minimum Gasteiger partial charge on any atom is -0.465 e. The fourth-order valence-electron chi connectivity index (χ4n) is 6.98. The number of hydrogen-bond acceptors (Lipinski definition) is 8. The molecule has 1 aromatic heterocycles. The number of ether oxygens (including phenoxy) is 1. The van der Waals surface area contributed by atoms with Gasteiger partial charge in [0.15, 0.2) is 0 Å². The number of esters is 1. The van der Waals surface area contributed by atoms with Crippen molar-refractivity contribution in [3.8, 4) is 0 Å². The first-order chi connectivity index (χ1) is 19.9. The maximum atomic E-state index is 14.6. The molecule has 0 radical (unpaired) electrons. The third-order valence-corrected chi connectivity index (χ3v) is 10.7. The number of fused-ring (bicyclic) bond motifs is 3. The molecule has 1 aromatic carbocycles. The van der Waals surface area contributed by atoms with E-state index < -0.39 is 27.4 Å². The third-order valence-electron chi connectivity index (χ3n) is 8.87. The number of cyclic esters (lactones) is 1. The Bertz CT molecular complexity index is 1390. The van der Waals surface area contributed by atoms with Crippen LogP contribution in [0.3, 0.4) is 0 Å². The quantitative estimate of drug-likeness (QED) is 0.288. The van der Waals surface area contributed by atoms with E-state index in [4.69, 9.17) is 4.74 Å². The number of carbonyl (C=O) groups excluding carboxylic acids is 3. The number of carbonyl (C=O) groups is 3. The van der Waals surface area contributed by atoms with E-state index in [1.807, 2.05) is 43.3 Å². The van der Waals surface area contributed by atoms with Crippen LogP contribution in [0.1, 0.15) is 45.4 Å². The predicted octanol–water partition coefficient (Wildman–Crippen LogP) is 2.92. The molecule has 11 heteroatoms. The van der Waals surface area contributed by atoms with Gasteiger partial charge in [0.05, 0.1) is 28.7 Å². The summed E-state index contributed by atoms with van der Waals surface area (Å²) in [6, 6.07) is 6.86. The second-order valence-electron chi connectivity index (χ2n) is 11.6. The average molecular weight is 580 g/mol. The number of aromatic nitrogens is 3. The lowest BCUT2D eigenvalue weighted by atomic mass is 9.74. The highest BCUT2D eigenvalue weighted by Gasteiger charge is 2.73. The molecular formula is C30H37N5O5S. The van der Waals surface area contributed by atoms with Crippen LogP contribution in [-0.2, 0) is 25.8 Å². The number of rotatable bonds is 8. The monoisotopic (exact) mass is 579 g/mol. The van der Waals surface area contributed by atoms with Crippen molar-refractivity contribution in [1.29, 1.82) is 0 Å². The summed E-state index contributed by atoms with van der Waals surface area (Å²) >= 11 is 1.57. The number of allylic oxidation sites excluding steroid dienone is 1. The van der Waals surface area contributed by atoms with Crippen LogP contribution in [0.4, 0.5) is 0 Å². The van der Waals surface area contributed by atoms with E-state index in [1.165, 1.54) is 0 Å². The van der Waals surface area contributed by atoms with Crippen molar-refractivity contribution in [2.24, 2.45) is 11.8 Å². The van der Waals surface area contributed by atoms with Crippen molar-refractivity contribution in [2.45, 2.75) is 67.7 Å². The van der Waals surface area contributed by atoms with Gasteiger partial charge in [-0.25, -0.2) is 4.68 Å². The van der Waals surface area contributed by atoms with Crippen molar-refractivity contribution in [2.75, 3.05) is 26.3 Å². The van der Waals surface area contributed by atoms with Gasteiger partial charge in [-0.2, -0.15) is 0 Å². The number of aliphatic hydroxyl groups excluding tert-OH is 1. The summed E-state index contributed by atoms with van der Waals surface area (Å²) in [7, 11) is 0. The number of likely N-dealkylation sites (tertiary alicyclic amines) is 1. The van der Waals surface area contributed by atoms with Crippen molar-refractivity contribution < 1.29 is 24.2 Å². The molecule has 2 aromatic rings. The first kappa shape index (κ1) is 28.0. The summed E-state index contributed by atoms with van der Waals surface area (Å²) in [5, 5.41) is 17.7. The number of hydrogen-bond donors (Lipinski definition) is 1. The molecule has 1 N–H and O–H groups in total. The van der Waals surface area contributed by atoms with Crippen molar-refractivity contribution in [3.63, 3.8) is 0 Å². The van der Waals surface area contributed by atoms with Crippen molar-refractivity contribution >= 4 is 40.6 Å². The van der Waals surface area contributed by atoms with Crippen molar-refractivity contribution in [1.82, 2.24) is 24.8 Å². The van der Waals surface area contributed by atoms with Gasteiger partial charge in [0.2, 0.25) is 11.8 Å². The molecule has 2 fully saturated rings. The maximum absolute atomic E-state index is 14.6. The Hall–Kier alpha value is -3.18. The number of para-hydroxylation sites is 1. The van der Waals surface area contributed by atoms with E-state index in [9.17, 15) is 19.5 Å². The molecule has 5 atom stereocenters. The fraction of sp³-hybridized carbons (Fsp3) is 0.567. The van der Waals surface area contributed by atoms with E-state index in [2.05, 4.69) is 22.5 Å². The number of nitrogens with zero attached hydrogens (tertiary/aromatic N) is 5. The minimum atomic E-state index is -0.902.